The minimum absolute atomic E-state index is 0.259. The van der Waals surface area contributed by atoms with Crippen molar-refractivity contribution in [2.75, 3.05) is 11.9 Å². The van der Waals surface area contributed by atoms with Gasteiger partial charge >= 0.3 is 6.18 Å². The number of rotatable bonds is 3. The maximum absolute atomic E-state index is 12.5. The smallest absolute Gasteiger partial charge is 0.396 e. The Kier molecular flexibility index (Phi) is 4.64. The minimum Gasteiger partial charge on any atom is -0.396 e. The monoisotopic (exact) mass is 307 g/mol. The number of nitrogens with zero attached hydrogens (tertiary/aromatic N) is 2. The van der Waals surface area contributed by atoms with Gasteiger partial charge < -0.3 is 20.6 Å². The highest BCUT2D eigenvalue weighted by Crippen LogP contribution is 2.29. The number of aliphatic hydroxyl groups is 3. The van der Waals surface area contributed by atoms with E-state index < -0.39 is 36.0 Å². The van der Waals surface area contributed by atoms with Crippen LogP contribution in [0.5, 0.6) is 0 Å². The van der Waals surface area contributed by atoms with Crippen molar-refractivity contribution in [2.24, 2.45) is 5.92 Å². The average Bonchev–Trinajstić information content (AvgIpc) is 2.44. The number of hydrogen-bond donors (Lipinski definition) is 4. The predicted octanol–water partition coefficient (Wildman–Crippen LogP) is 0.400. The van der Waals surface area contributed by atoms with Crippen molar-refractivity contribution < 1.29 is 28.5 Å². The third kappa shape index (κ3) is 3.60. The standard InChI is InChI=1S/C12H16F3N3O3/c13-12(14,15)8-3-4-16-11(18-8)17-7-2-1-6(5-19)9(20)10(7)21/h3-4,6-7,9-10,19-21H,1-2,5H2,(H,16,17,18)/t6-,7+,9+,10?/m1/s1. The number of aliphatic hydroxyl groups excluding tert-OH is 3. The Bertz CT molecular complexity index is 486. The second kappa shape index (κ2) is 6.12. The number of alkyl halides is 3. The van der Waals surface area contributed by atoms with E-state index >= 15 is 0 Å². The molecule has 0 spiro atoms. The van der Waals surface area contributed by atoms with Crippen molar-refractivity contribution in [1.29, 1.82) is 0 Å². The Morgan fingerprint density at radius 3 is 2.57 bits per heavy atom. The van der Waals surface area contributed by atoms with Crippen LogP contribution in [0.4, 0.5) is 19.1 Å². The summed E-state index contributed by atoms with van der Waals surface area (Å²) in [6.45, 7) is -0.259. The molecule has 1 aromatic heterocycles. The van der Waals surface area contributed by atoms with E-state index in [0.29, 0.717) is 12.8 Å². The van der Waals surface area contributed by atoms with Crippen LogP contribution in [-0.4, -0.2) is 50.1 Å². The molecule has 0 amide bonds. The second-order valence-electron chi connectivity index (χ2n) is 5.02. The van der Waals surface area contributed by atoms with Crippen LogP contribution >= 0.6 is 0 Å². The third-order valence-electron chi connectivity index (χ3n) is 3.59. The highest BCUT2D eigenvalue weighted by atomic mass is 19.4. The molecule has 0 aliphatic heterocycles. The molecular formula is C12H16F3N3O3. The van der Waals surface area contributed by atoms with Crippen molar-refractivity contribution in [1.82, 2.24) is 9.97 Å². The predicted molar refractivity (Wildman–Crippen MR) is 66.3 cm³/mol. The van der Waals surface area contributed by atoms with Crippen molar-refractivity contribution in [3.63, 3.8) is 0 Å². The van der Waals surface area contributed by atoms with Gasteiger partial charge in [0.25, 0.3) is 0 Å². The molecule has 1 heterocycles. The molecule has 6 nitrogen and oxygen atoms in total. The summed E-state index contributed by atoms with van der Waals surface area (Å²) in [7, 11) is 0. The van der Waals surface area contributed by atoms with Gasteiger partial charge in [-0.05, 0) is 18.9 Å². The zero-order chi connectivity index (χ0) is 15.6. The normalized spacial score (nSPS) is 30.2. The van der Waals surface area contributed by atoms with E-state index in [-0.39, 0.29) is 12.6 Å². The maximum atomic E-state index is 12.5. The molecule has 1 aliphatic rings. The van der Waals surface area contributed by atoms with E-state index in [1.54, 1.807) is 0 Å². The lowest BCUT2D eigenvalue weighted by molar-refractivity contribution is -0.141. The molecule has 0 radical (unpaired) electrons. The van der Waals surface area contributed by atoms with E-state index in [2.05, 4.69) is 15.3 Å². The molecule has 1 fully saturated rings. The summed E-state index contributed by atoms with van der Waals surface area (Å²) in [5.41, 5.74) is -1.08. The summed E-state index contributed by atoms with van der Waals surface area (Å²) in [4.78, 5) is 7.03. The summed E-state index contributed by atoms with van der Waals surface area (Å²) in [5, 5.41) is 31.4. The fourth-order valence-corrected chi connectivity index (χ4v) is 2.36. The lowest BCUT2D eigenvalue weighted by Crippen LogP contribution is -2.50. The van der Waals surface area contributed by atoms with Crippen LogP contribution in [-0.2, 0) is 6.18 Å². The van der Waals surface area contributed by atoms with Gasteiger partial charge in [0.1, 0.15) is 11.8 Å². The summed E-state index contributed by atoms with van der Waals surface area (Å²) >= 11 is 0. The number of hydrogen-bond acceptors (Lipinski definition) is 6. The minimum atomic E-state index is -4.58. The van der Waals surface area contributed by atoms with Crippen LogP contribution < -0.4 is 5.32 Å². The van der Waals surface area contributed by atoms with E-state index in [0.717, 1.165) is 12.3 Å². The Morgan fingerprint density at radius 2 is 1.95 bits per heavy atom. The summed E-state index contributed by atoms with van der Waals surface area (Å²) in [5.74, 6) is -0.705. The Labute approximate surface area is 118 Å². The molecule has 0 bridgehead atoms. The molecule has 0 aromatic carbocycles. The van der Waals surface area contributed by atoms with Gasteiger partial charge in [-0.15, -0.1) is 0 Å². The molecule has 1 unspecified atom stereocenters. The molecule has 21 heavy (non-hydrogen) atoms. The van der Waals surface area contributed by atoms with E-state index in [1.807, 2.05) is 0 Å². The molecule has 4 atom stereocenters. The van der Waals surface area contributed by atoms with Crippen LogP contribution in [0.3, 0.4) is 0 Å². The van der Waals surface area contributed by atoms with Crippen molar-refractivity contribution in [3.05, 3.63) is 18.0 Å². The Hall–Kier alpha value is -1.45. The van der Waals surface area contributed by atoms with Gasteiger partial charge in [0, 0.05) is 18.7 Å². The van der Waals surface area contributed by atoms with Crippen LogP contribution in [0.15, 0.2) is 12.3 Å². The molecule has 4 N–H and O–H groups in total. The van der Waals surface area contributed by atoms with Crippen molar-refractivity contribution in [3.8, 4) is 0 Å². The molecule has 2 rings (SSSR count). The lowest BCUT2D eigenvalue weighted by Gasteiger charge is -2.37. The molecule has 1 aliphatic carbocycles. The van der Waals surface area contributed by atoms with Gasteiger partial charge in [0.2, 0.25) is 5.95 Å². The highest BCUT2D eigenvalue weighted by molar-refractivity contribution is 5.28. The molecular weight excluding hydrogens is 291 g/mol. The first kappa shape index (κ1) is 15.9. The second-order valence-corrected chi connectivity index (χ2v) is 5.02. The fourth-order valence-electron chi connectivity index (χ4n) is 2.36. The third-order valence-corrected chi connectivity index (χ3v) is 3.59. The summed E-state index contributed by atoms with van der Waals surface area (Å²) in [6.07, 6.45) is -5.15. The molecule has 0 saturated heterocycles. The molecule has 1 aromatic rings. The van der Waals surface area contributed by atoms with Gasteiger partial charge in [-0.3, -0.25) is 0 Å². The first-order chi connectivity index (χ1) is 9.82. The average molecular weight is 307 g/mol. The van der Waals surface area contributed by atoms with Crippen LogP contribution in [0.1, 0.15) is 18.5 Å². The zero-order valence-corrected chi connectivity index (χ0v) is 11.0. The maximum Gasteiger partial charge on any atom is 0.433 e. The Morgan fingerprint density at radius 1 is 1.24 bits per heavy atom. The van der Waals surface area contributed by atoms with Crippen LogP contribution in [0, 0.1) is 5.92 Å². The highest BCUT2D eigenvalue weighted by Gasteiger charge is 2.38. The summed E-state index contributed by atoms with van der Waals surface area (Å²) < 4.78 is 37.6. The van der Waals surface area contributed by atoms with Gasteiger partial charge in [-0.25, -0.2) is 9.97 Å². The Balaban J connectivity index is 2.08. The number of halogens is 3. The first-order valence-corrected chi connectivity index (χ1v) is 6.46. The molecule has 9 heteroatoms. The molecule has 118 valence electrons. The van der Waals surface area contributed by atoms with Crippen LogP contribution in [0.2, 0.25) is 0 Å². The summed E-state index contributed by atoms with van der Waals surface area (Å²) in [6, 6.07) is 0.0744. The van der Waals surface area contributed by atoms with Gasteiger partial charge in [0.15, 0.2) is 0 Å². The largest absolute Gasteiger partial charge is 0.433 e. The van der Waals surface area contributed by atoms with Crippen molar-refractivity contribution >= 4 is 5.95 Å². The SMILES string of the molecule is OC[C@H]1CC[C@H](Nc2nccc(C(F)(F)F)n2)C(O)[C@H]1O. The first-order valence-electron chi connectivity index (χ1n) is 6.46. The molecule has 1 saturated carbocycles. The van der Waals surface area contributed by atoms with Crippen LogP contribution in [0.25, 0.3) is 0 Å². The quantitative estimate of drug-likeness (QED) is 0.645. The van der Waals surface area contributed by atoms with Gasteiger partial charge in [-0.2, -0.15) is 13.2 Å². The van der Waals surface area contributed by atoms with E-state index in [4.69, 9.17) is 5.11 Å². The fraction of sp³-hybridized carbons (Fsp3) is 0.667. The van der Waals surface area contributed by atoms with E-state index in [9.17, 15) is 23.4 Å². The zero-order valence-electron chi connectivity index (χ0n) is 11.0. The number of anilines is 1. The van der Waals surface area contributed by atoms with E-state index in [1.165, 1.54) is 0 Å². The van der Waals surface area contributed by atoms with Crippen molar-refractivity contribution in [2.45, 2.75) is 37.3 Å². The van der Waals surface area contributed by atoms with Gasteiger partial charge in [0.05, 0.1) is 12.1 Å². The topological polar surface area (TPSA) is 98.5 Å². The number of aromatic nitrogens is 2. The van der Waals surface area contributed by atoms with Gasteiger partial charge in [-0.1, -0.05) is 0 Å². The lowest BCUT2D eigenvalue weighted by atomic mass is 9.82. The number of nitrogens with one attached hydrogen (secondary N) is 1.